The first-order valence-corrected chi connectivity index (χ1v) is 15.1. The minimum Gasteiger partial charge on any atom is -0.872 e. The second-order valence-electron chi connectivity index (χ2n) is 11.2. The molecule has 0 aromatic heterocycles. The van der Waals surface area contributed by atoms with Gasteiger partial charge in [0.1, 0.15) is 18.5 Å². The molecule has 2 aliphatic heterocycles. The van der Waals surface area contributed by atoms with Gasteiger partial charge in [-0.15, -0.1) is 0 Å². The average molecular weight is 585 g/mol. The molecule has 2 heterocycles. The van der Waals surface area contributed by atoms with Gasteiger partial charge in [0, 0.05) is 25.0 Å². The van der Waals surface area contributed by atoms with Crippen molar-refractivity contribution in [1.29, 1.82) is 0 Å². The van der Waals surface area contributed by atoms with Crippen LogP contribution in [0.3, 0.4) is 0 Å². The fourth-order valence-electron chi connectivity index (χ4n) is 5.98. The van der Waals surface area contributed by atoms with Crippen LogP contribution >= 0.6 is 0 Å². The van der Waals surface area contributed by atoms with Crippen LogP contribution in [0.4, 0.5) is 0 Å². The quantitative estimate of drug-likeness (QED) is 0.200. The summed E-state index contributed by atoms with van der Waals surface area (Å²) in [5.74, 6) is -0.101. The number of benzene rings is 3. The SMILES string of the molecule is CC[NH+](CC)CCCN1C(=O)C(=O)/C(=C(/[O-])c2ccc3c(c2)CC(C)O3)C1c1ccc(OCc2ccccc2)c(OC)c1. The maximum atomic E-state index is 14.0. The number of nitrogens with zero attached hydrogens (tertiary/aromatic N) is 1. The molecule has 1 fully saturated rings. The highest BCUT2D eigenvalue weighted by Crippen LogP contribution is 2.42. The van der Waals surface area contributed by atoms with Gasteiger partial charge in [0.2, 0.25) is 5.78 Å². The van der Waals surface area contributed by atoms with Gasteiger partial charge < -0.3 is 29.1 Å². The van der Waals surface area contributed by atoms with Crippen molar-refractivity contribution < 1.29 is 33.8 Å². The van der Waals surface area contributed by atoms with Crippen LogP contribution in [0.5, 0.6) is 17.2 Å². The lowest BCUT2D eigenvalue weighted by Gasteiger charge is -2.28. The molecule has 2 aliphatic rings. The van der Waals surface area contributed by atoms with Crippen molar-refractivity contribution in [2.75, 3.05) is 33.3 Å². The summed E-state index contributed by atoms with van der Waals surface area (Å²) in [4.78, 5) is 30.0. The Bertz CT molecular complexity index is 1500. The van der Waals surface area contributed by atoms with E-state index in [9.17, 15) is 14.7 Å². The topological polar surface area (TPSA) is 92.6 Å². The molecule has 3 aromatic carbocycles. The molecule has 0 radical (unpaired) electrons. The van der Waals surface area contributed by atoms with Gasteiger partial charge >= 0.3 is 0 Å². The van der Waals surface area contributed by atoms with Crippen molar-refractivity contribution in [1.82, 2.24) is 4.90 Å². The largest absolute Gasteiger partial charge is 0.872 e. The Kier molecular flexibility index (Phi) is 9.36. The zero-order valence-electron chi connectivity index (χ0n) is 25.4. The van der Waals surface area contributed by atoms with Crippen LogP contribution in [0.2, 0.25) is 0 Å². The molecule has 8 heteroatoms. The van der Waals surface area contributed by atoms with Gasteiger partial charge in [0.25, 0.3) is 5.91 Å². The fourth-order valence-corrected chi connectivity index (χ4v) is 5.98. The van der Waals surface area contributed by atoms with Crippen molar-refractivity contribution >= 4 is 17.4 Å². The monoisotopic (exact) mass is 584 g/mol. The Hall–Kier alpha value is -4.30. The summed E-state index contributed by atoms with van der Waals surface area (Å²) in [6, 6.07) is 19.6. The fraction of sp³-hybridized carbons (Fsp3) is 0.371. The Morgan fingerprint density at radius 2 is 1.79 bits per heavy atom. The van der Waals surface area contributed by atoms with E-state index in [-0.39, 0.29) is 11.7 Å². The molecule has 43 heavy (non-hydrogen) atoms. The van der Waals surface area contributed by atoms with E-state index < -0.39 is 23.5 Å². The predicted octanol–water partition coefficient (Wildman–Crippen LogP) is 3.14. The second-order valence-corrected chi connectivity index (χ2v) is 11.2. The molecule has 3 aromatic rings. The van der Waals surface area contributed by atoms with E-state index in [2.05, 4.69) is 13.8 Å². The molecule has 1 saturated heterocycles. The molecule has 226 valence electrons. The third kappa shape index (κ3) is 6.39. The molecule has 1 amide bonds. The first kappa shape index (κ1) is 30.2. The third-order valence-electron chi connectivity index (χ3n) is 8.36. The lowest BCUT2D eigenvalue weighted by molar-refractivity contribution is -0.896. The van der Waals surface area contributed by atoms with Crippen molar-refractivity contribution in [3.8, 4) is 17.2 Å². The Morgan fingerprint density at radius 3 is 2.51 bits per heavy atom. The van der Waals surface area contributed by atoms with Crippen LogP contribution in [0, 0.1) is 0 Å². The first-order chi connectivity index (χ1) is 20.8. The number of carbonyl (C=O) groups excluding carboxylic acids is 2. The molecule has 1 N–H and O–H groups in total. The number of carbonyl (C=O) groups is 2. The van der Waals surface area contributed by atoms with Gasteiger partial charge in [-0.1, -0.05) is 48.2 Å². The van der Waals surface area contributed by atoms with E-state index in [1.54, 1.807) is 42.3 Å². The molecule has 0 aliphatic carbocycles. The lowest BCUT2D eigenvalue weighted by Crippen LogP contribution is -3.11. The number of fused-ring (bicyclic) bond motifs is 1. The van der Waals surface area contributed by atoms with Crippen LogP contribution in [-0.4, -0.2) is 56.0 Å². The standard InChI is InChI=1S/C35H40N2O6/c1-5-36(6-2)17-10-18-37-32(25-13-16-29(30(21-25)41-4)42-22-24-11-8-7-9-12-24)31(34(39)35(37)40)33(38)26-14-15-28-27(20-26)19-23(3)43-28/h7-9,11-16,20-21,23,32,38H,5-6,10,17-19,22H2,1-4H3/b33-31+. The molecule has 2 atom stereocenters. The van der Waals surface area contributed by atoms with E-state index in [0.717, 1.165) is 36.5 Å². The molecule has 0 bridgehead atoms. The first-order valence-electron chi connectivity index (χ1n) is 15.1. The summed E-state index contributed by atoms with van der Waals surface area (Å²) < 4.78 is 17.5. The zero-order chi connectivity index (χ0) is 30.5. The highest BCUT2D eigenvalue weighted by molar-refractivity contribution is 6.46. The van der Waals surface area contributed by atoms with Gasteiger partial charge in [-0.2, -0.15) is 0 Å². The maximum absolute atomic E-state index is 14.0. The summed E-state index contributed by atoms with van der Waals surface area (Å²) in [5.41, 5.74) is 2.90. The van der Waals surface area contributed by atoms with Gasteiger partial charge in [-0.05, 0) is 67.3 Å². The number of hydrogen-bond donors (Lipinski definition) is 1. The van der Waals surface area contributed by atoms with Crippen molar-refractivity contribution in [2.45, 2.75) is 52.4 Å². The number of methoxy groups -OCH3 is 1. The number of Topliss-reactive ketones (excluding diaryl/α,β-unsaturated/α-hetero) is 1. The second kappa shape index (κ2) is 13.3. The normalized spacial score (nSPS) is 19.0. The minimum absolute atomic E-state index is 0.0222. The maximum Gasteiger partial charge on any atom is 0.295 e. The molecule has 0 spiro atoms. The summed E-state index contributed by atoms with van der Waals surface area (Å²) in [5, 5.41) is 14.0. The van der Waals surface area contributed by atoms with Gasteiger partial charge in [-0.3, -0.25) is 9.59 Å². The summed E-state index contributed by atoms with van der Waals surface area (Å²) in [7, 11) is 1.55. The van der Waals surface area contributed by atoms with E-state index in [1.807, 2.05) is 43.3 Å². The number of rotatable bonds is 12. The zero-order valence-corrected chi connectivity index (χ0v) is 25.4. The van der Waals surface area contributed by atoms with E-state index in [1.165, 1.54) is 4.90 Å². The van der Waals surface area contributed by atoms with Crippen molar-refractivity contribution in [3.05, 3.63) is 94.6 Å². The highest BCUT2D eigenvalue weighted by atomic mass is 16.5. The molecule has 5 rings (SSSR count). The van der Waals surface area contributed by atoms with Gasteiger partial charge in [-0.25, -0.2) is 0 Å². The third-order valence-corrected chi connectivity index (χ3v) is 8.36. The number of quaternary nitrogens is 1. The summed E-state index contributed by atoms with van der Waals surface area (Å²) in [6.07, 6.45) is 1.41. The van der Waals surface area contributed by atoms with Crippen LogP contribution < -0.4 is 24.2 Å². The molecular formula is C35H40N2O6. The Balaban J connectivity index is 1.52. The molecular weight excluding hydrogens is 544 g/mol. The number of hydrogen-bond acceptors (Lipinski definition) is 6. The van der Waals surface area contributed by atoms with E-state index in [0.29, 0.717) is 48.6 Å². The number of ketones is 1. The van der Waals surface area contributed by atoms with Crippen LogP contribution in [0.25, 0.3) is 5.76 Å². The predicted molar refractivity (Wildman–Crippen MR) is 162 cm³/mol. The highest BCUT2D eigenvalue weighted by Gasteiger charge is 2.44. The summed E-state index contributed by atoms with van der Waals surface area (Å²) in [6.45, 7) is 9.77. The Labute approximate surface area is 253 Å². The van der Waals surface area contributed by atoms with Crippen molar-refractivity contribution in [3.63, 3.8) is 0 Å². The van der Waals surface area contributed by atoms with Gasteiger partial charge in [0.15, 0.2) is 11.5 Å². The molecule has 8 nitrogen and oxygen atoms in total. The molecule has 2 unspecified atom stereocenters. The Morgan fingerprint density at radius 1 is 1.02 bits per heavy atom. The number of likely N-dealkylation sites (tertiary alicyclic amines) is 1. The lowest BCUT2D eigenvalue weighted by atomic mass is 9.94. The number of amides is 1. The van der Waals surface area contributed by atoms with Gasteiger partial charge in [0.05, 0.1) is 32.8 Å². The smallest absolute Gasteiger partial charge is 0.295 e. The van der Waals surface area contributed by atoms with E-state index >= 15 is 0 Å². The van der Waals surface area contributed by atoms with Crippen LogP contribution in [-0.2, 0) is 22.6 Å². The van der Waals surface area contributed by atoms with E-state index in [4.69, 9.17) is 14.2 Å². The van der Waals surface area contributed by atoms with Crippen LogP contribution in [0.15, 0.2) is 72.3 Å². The number of nitrogens with one attached hydrogen (secondary N) is 1. The van der Waals surface area contributed by atoms with Crippen molar-refractivity contribution in [2.24, 2.45) is 0 Å². The molecule has 0 saturated carbocycles. The van der Waals surface area contributed by atoms with Crippen LogP contribution in [0.1, 0.15) is 55.5 Å². The summed E-state index contributed by atoms with van der Waals surface area (Å²) >= 11 is 0. The minimum atomic E-state index is -0.834. The average Bonchev–Trinajstić information content (AvgIpc) is 3.53. The number of ether oxygens (including phenoxy) is 3.